The van der Waals surface area contributed by atoms with Gasteiger partial charge in [-0.1, -0.05) is 48.2 Å². The molecule has 6 atom stereocenters. The minimum absolute atomic E-state index is 0.0678. The van der Waals surface area contributed by atoms with Crippen molar-refractivity contribution in [2.75, 3.05) is 0 Å². The minimum Gasteiger partial charge on any atom is -0.298 e. The van der Waals surface area contributed by atoms with Gasteiger partial charge >= 0.3 is 0 Å². The molecule has 0 aromatic rings. The SMILES string of the molecule is C=NC(CCC=C(C)C)CCCC1C2=C(CCC1C)C1(C)CCC(N=O)CC1CC2. The lowest BCUT2D eigenvalue weighted by Gasteiger charge is -2.52. The highest BCUT2D eigenvalue weighted by Crippen LogP contribution is 2.58. The predicted octanol–water partition coefficient (Wildman–Crippen LogP) is 8.05. The lowest BCUT2D eigenvalue weighted by atomic mass is 9.53. The number of nitroso groups, excluding NO2 is 1. The summed E-state index contributed by atoms with van der Waals surface area (Å²) >= 11 is 0. The first-order valence-corrected chi connectivity index (χ1v) is 12.5. The molecular formula is C27H44N2O. The summed E-state index contributed by atoms with van der Waals surface area (Å²) in [4.78, 5) is 15.6. The number of hydrogen-bond donors (Lipinski definition) is 0. The zero-order chi connectivity index (χ0) is 21.7. The molecule has 0 aliphatic heterocycles. The van der Waals surface area contributed by atoms with Crippen molar-refractivity contribution >= 4 is 6.72 Å². The Balaban J connectivity index is 1.64. The summed E-state index contributed by atoms with van der Waals surface area (Å²) in [7, 11) is 0. The Bertz CT molecular complexity index is 674. The van der Waals surface area contributed by atoms with Gasteiger partial charge in [0.05, 0.1) is 6.04 Å². The van der Waals surface area contributed by atoms with Crippen LogP contribution in [0.1, 0.15) is 105 Å². The van der Waals surface area contributed by atoms with Gasteiger partial charge < -0.3 is 0 Å². The van der Waals surface area contributed by atoms with Crippen molar-refractivity contribution in [3.8, 4) is 0 Å². The maximum Gasteiger partial charge on any atom is 0.0923 e. The average Bonchev–Trinajstić information content (AvgIpc) is 2.73. The van der Waals surface area contributed by atoms with E-state index in [0.29, 0.717) is 17.4 Å². The van der Waals surface area contributed by atoms with Crippen LogP contribution in [0.15, 0.2) is 33.0 Å². The molecule has 3 aliphatic rings. The lowest BCUT2D eigenvalue weighted by Crippen LogP contribution is -2.42. The summed E-state index contributed by atoms with van der Waals surface area (Å²) in [6.07, 6.45) is 16.7. The monoisotopic (exact) mass is 412 g/mol. The summed E-state index contributed by atoms with van der Waals surface area (Å²) in [6, 6.07) is 0.477. The van der Waals surface area contributed by atoms with Crippen molar-refractivity contribution in [1.29, 1.82) is 0 Å². The van der Waals surface area contributed by atoms with E-state index in [0.717, 1.165) is 37.5 Å². The Hall–Kier alpha value is -1.25. The number of rotatable bonds is 9. The Morgan fingerprint density at radius 3 is 2.73 bits per heavy atom. The van der Waals surface area contributed by atoms with Gasteiger partial charge in [-0.25, -0.2) is 0 Å². The number of nitrogens with zero attached hydrogens (tertiary/aromatic N) is 2. The van der Waals surface area contributed by atoms with Gasteiger partial charge in [-0.3, -0.25) is 4.99 Å². The molecule has 0 amide bonds. The van der Waals surface area contributed by atoms with E-state index in [9.17, 15) is 4.91 Å². The van der Waals surface area contributed by atoms with Gasteiger partial charge in [-0.05, 0) is 114 Å². The Morgan fingerprint density at radius 2 is 2.03 bits per heavy atom. The molecule has 3 rings (SSSR count). The van der Waals surface area contributed by atoms with Gasteiger partial charge in [0.25, 0.3) is 0 Å². The van der Waals surface area contributed by atoms with E-state index in [1.807, 2.05) is 5.57 Å². The van der Waals surface area contributed by atoms with Gasteiger partial charge in [0.2, 0.25) is 0 Å². The first-order chi connectivity index (χ1) is 14.4. The number of hydrogen-bond acceptors (Lipinski definition) is 3. The predicted molar refractivity (Wildman–Crippen MR) is 129 cm³/mol. The van der Waals surface area contributed by atoms with Crippen molar-refractivity contribution in [3.63, 3.8) is 0 Å². The van der Waals surface area contributed by atoms with E-state index >= 15 is 0 Å². The highest BCUT2D eigenvalue weighted by atomic mass is 16.3. The normalized spacial score (nSPS) is 34.5. The standard InChI is InChI=1S/C27H44N2O/c1-19(2)8-6-9-22(28-5)10-7-11-24-20(3)12-15-26-25(24)14-13-21-18-23(29-30)16-17-27(21,26)4/h8,20-24H,5-7,9-18H2,1-4H3. The fourth-order valence-corrected chi connectivity index (χ4v) is 6.85. The third kappa shape index (κ3) is 5.14. The molecule has 0 saturated heterocycles. The van der Waals surface area contributed by atoms with Crippen LogP contribution in [-0.2, 0) is 0 Å². The van der Waals surface area contributed by atoms with Crippen LogP contribution in [0.3, 0.4) is 0 Å². The van der Waals surface area contributed by atoms with Crippen LogP contribution in [0, 0.1) is 28.1 Å². The van der Waals surface area contributed by atoms with Crippen molar-refractivity contribution in [2.45, 2.75) is 117 Å². The van der Waals surface area contributed by atoms with Gasteiger partial charge in [0, 0.05) is 6.04 Å². The Morgan fingerprint density at radius 1 is 1.23 bits per heavy atom. The molecule has 3 heteroatoms. The van der Waals surface area contributed by atoms with Crippen LogP contribution in [0.4, 0.5) is 0 Å². The van der Waals surface area contributed by atoms with Crippen LogP contribution in [-0.4, -0.2) is 18.8 Å². The van der Waals surface area contributed by atoms with Crippen LogP contribution < -0.4 is 0 Å². The zero-order valence-corrected chi connectivity index (χ0v) is 20.0. The maximum atomic E-state index is 11.1. The van der Waals surface area contributed by atoms with Crippen molar-refractivity contribution in [1.82, 2.24) is 0 Å². The van der Waals surface area contributed by atoms with Gasteiger partial charge in [0.1, 0.15) is 0 Å². The van der Waals surface area contributed by atoms with Crippen LogP contribution >= 0.6 is 0 Å². The molecule has 3 aliphatic carbocycles. The second kappa shape index (κ2) is 10.4. The van der Waals surface area contributed by atoms with Gasteiger partial charge in [-0.2, -0.15) is 4.91 Å². The molecule has 0 spiro atoms. The van der Waals surface area contributed by atoms with E-state index < -0.39 is 0 Å². The van der Waals surface area contributed by atoms with Crippen LogP contribution in [0.2, 0.25) is 0 Å². The molecule has 1 fully saturated rings. The first kappa shape index (κ1) is 23.4. The summed E-state index contributed by atoms with van der Waals surface area (Å²) in [5.74, 6) is 2.24. The molecule has 1 saturated carbocycles. The second-order valence-corrected chi connectivity index (χ2v) is 10.9. The molecule has 0 heterocycles. The molecule has 0 radical (unpaired) electrons. The quantitative estimate of drug-likeness (QED) is 0.214. The molecular weight excluding hydrogens is 368 g/mol. The smallest absolute Gasteiger partial charge is 0.0923 e. The lowest BCUT2D eigenvalue weighted by molar-refractivity contribution is 0.102. The number of fused-ring (bicyclic) bond motifs is 2. The molecule has 0 aromatic carbocycles. The summed E-state index contributed by atoms with van der Waals surface area (Å²) in [6.45, 7) is 13.2. The van der Waals surface area contributed by atoms with E-state index in [2.05, 4.69) is 50.7 Å². The molecule has 0 aromatic heterocycles. The largest absolute Gasteiger partial charge is 0.298 e. The van der Waals surface area contributed by atoms with E-state index in [1.54, 1.807) is 5.57 Å². The molecule has 30 heavy (non-hydrogen) atoms. The van der Waals surface area contributed by atoms with Crippen LogP contribution in [0.25, 0.3) is 0 Å². The summed E-state index contributed by atoms with van der Waals surface area (Å²) in [5.41, 5.74) is 5.35. The average molecular weight is 413 g/mol. The Kier molecular flexibility index (Phi) is 8.10. The summed E-state index contributed by atoms with van der Waals surface area (Å²) in [5, 5.41) is 3.41. The first-order valence-electron chi connectivity index (χ1n) is 12.5. The number of aliphatic imine (C=N–C) groups is 1. The highest BCUT2D eigenvalue weighted by Gasteiger charge is 2.48. The van der Waals surface area contributed by atoms with Gasteiger partial charge in [0.15, 0.2) is 0 Å². The highest BCUT2D eigenvalue weighted by molar-refractivity contribution is 5.31. The van der Waals surface area contributed by atoms with E-state index in [-0.39, 0.29) is 6.04 Å². The molecule has 0 bridgehead atoms. The topological polar surface area (TPSA) is 41.8 Å². The molecule has 6 unspecified atom stereocenters. The summed E-state index contributed by atoms with van der Waals surface area (Å²) < 4.78 is 0. The molecule has 3 nitrogen and oxygen atoms in total. The van der Waals surface area contributed by atoms with E-state index in [4.69, 9.17) is 0 Å². The number of allylic oxidation sites excluding steroid dienone is 4. The van der Waals surface area contributed by atoms with Crippen molar-refractivity contribution in [3.05, 3.63) is 27.7 Å². The second-order valence-electron chi connectivity index (χ2n) is 10.9. The zero-order valence-electron chi connectivity index (χ0n) is 20.0. The maximum absolute atomic E-state index is 11.1. The Labute approximate surface area is 184 Å². The van der Waals surface area contributed by atoms with E-state index in [1.165, 1.54) is 56.9 Å². The van der Waals surface area contributed by atoms with Crippen molar-refractivity contribution in [2.24, 2.45) is 33.3 Å². The third-order valence-corrected chi connectivity index (χ3v) is 8.79. The fourth-order valence-electron chi connectivity index (χ4n) is 6.85. The third-order valence-electron chi connectivity index (χ3n) is 8.79. The minimum atomic E-state index is 0.0678. The molecule has 0 N–H and O–H groups in total. The van der Waals surface area contributed by atoms with Gasteiger partial charge in [-0.15, -0.1) is 0 Å². The fraction of sp³-hybridized carbons (Fsp3) is 0.815. The van der Waals surface area contributed by atoms with Crippen LogP contribution in [0.5, 0.6) is 0 Å². The molecule has 168 valence electrons. The van der Waals surface area contributed by atoms with Crippen molar-refractivity contribution < 1.29 is 0 Å².